The molecule has 0 bridgehead atoms. The third kappa shape index (κ3) is 3.74. The third-order valence-corrected chi connectivity index (χ3v) is 3.04. The first kappa shape index (κ1) is 14.4. The number of carbonyl (C=O) groups is 1. The number of hydrogen-bond acceptors (Lipinski definition) is 3. The van der Waals surface area contributed by atoms with Gasteiger partial charge in [0.2, 0.25) is 0 Å². The second kappa shape index (κ2) is 6.43. The maximum Gasteiger partial charge on any atom is 0.263 e. The quantitative estimate of drug-likeness (QED) is 0.921. The molecule has 1 unspecified atom stereocenters. The number of halogens is 1. The molecule has 20 heavy (non-hydrogen) atoms. The number of nitrogens with zero attached hydrogens (tertiary/aromatic N) is 2. The summed E-state index contributed by atoms with van der Waals surface area (Å²) in [5, 5.41) is 7.14. The largest absolute Gasteiger partial charge is 0.481 e. The molecule has 0 fully saturated rings. The molecule has 0 saturated carbocycles. The number of likely N-dealkylation sites (N-methyl/N-ethyl adjacent to an activating group) is 1. The van der Waals surface area contributed by atoms with Gasteiger partial charge in [-0.1, -0.05) is 17.7 Å². The molecule has 2 rings (SSSR count). The van der Waals surface area contributed by atoms with Gasteiger partial charge < -0.3 is 9.64 Å². The van der Waals surface area contributed by atoms with Gasteiger partial charge in [-0.3, -0.25) is 9.89 Å². The second-order valence-corrected chi connectivity index (χ2v) is 4.95. The summed E-state index contributed by atoms with van der Waals surface area (Å²) in [6, 6.07) is 6.99. The first-order valence-electron chi connectivity index (χ1n) is 6.21. The number of aromatic nitrogens is 2. The fourth-order valence-corrected chi connectivity index (χ4v) is 2.00. The molecule has 1 amide bonds. The number of aromatic amines is 1. The molecule has 0 radical (unpaired) electrons. The van der Waals surface area contributed by atoms with Gasteiger partial charge in [-0.15, -0.1) is 0 Å². The van der Waals surface area contributed by atoms with E-state index in [1.54, 1.807) is 55.5 Å². The summed E-state index contributed by atoms with van der Waals surface area (Å²) in [7, 11) is 1.73. The minimum atomic E-state index is -0.578. The van der Waals surface area contributed by atoms with Gasteiger partial charge in [0.05, 0.1) is 6.20 Å². The highest BCUT2D eigenvalue weighted by molar-refractivity contribution is 6.30. The van der Waals surface area contributed by atoms with Crippen molar-refractivity contribution < 1.29 is 9.53 Å². The Balaban J connectivity index is 1.94. The molecular formula is C14H16ClN3O2. The first-order valence-corrected chi connectivity index (χ1v) is 6.59. The fraction of sp³-hybridized carbons (Fsp3) is 0.286. The molecule has 1 aromatic carbocycles. The van der Waals surface area contributed by atoms with Crippen LogP contribution in [0.25, 0.3) is 0 Å². The molecule has 0 aliphatic carbocycles. The average Bonchev–Trinajstić information content (AvgIpc) is 2.90. The van der Waals surface area contributed by atoms with Gasteiger partial charge in [-0.25, -0.2) is 0 Å². The van der Waals surface area contributed by atoms with E-state index in [-0.39, 0.29) is 5.91 Å². The summed E-state index contributed by atoms with van der Waals surface area (Å²) < 4.78 is 5.60. The van der Waals surface area contributed by atoms with Gasteiger partial charge in [-0.05, 0) is 25.1 Å². The lowest BCUT2D eigenvalue weighted by atomic mass is 10.3. The van der Waals surface area contributed by atoms with Gasteiger partial charge in [0.15, 0.2) is 6.10 Å². The summed E-state index contributed by atoms with van der Waals surface area (Å²) in [6.45, 7) is 2.20. The number of rotatable bonds is 5. The maximum absolute atomic E-state index is 12.2. The topological polar surface area (TPSA) is 58.2 Å². The number of ether oxygens (including phenoxy) is 1. The summed E-state index contributed by atoms with van der Waals surface area (Å²) in [5.74, 6) is 0.473. The van der Waals surface area contributed by atoms with Crippen molar-refractivity contribution in [3.8, 4) is 5.75 Å². The van der Waals surface area contributed by atoms with Crippen LogP contribution in [0.3, 0.4) is 0 Å². The van der Waals surface area contributed by atoms with E-state index in [1.807, 2.05) is 0 Å². The predicted octanol–water partition coefficient (Wildman–Crippen LogP) is 2.49. The van der Waals surface area contributed by atoms with Crippen molar-refractivity contribution in [2.45, 2.75) is 19.6 Å². The van der Waals surface area contributed by atoms with Crippen molar-refractivity contribution in [1.82, 2.24) is 15.1 Å². The number of nitrogens with one attached hydrogen (secondary N) is 1. The normalized spacial score (nSPS) is 11.9. The van der Waals surface area contributed by atoms with Crippen molar-refractivity contribution in [3.63, 3.8) is 0 Å². The molecule has 6 heteroatoms. The number of amides is 1. The maximum atomic E-state index is 12.2. The van der Waals surface area contributed by atoms with Crippen LogP contribution in [-0.4, -0.2) is 34.2 Å². The van der Waals surface area contributed by atoms with Crippen molar-refractivity contribution in [3.05, 3.63) is 47.2 Å². The molecule has 106 valence electrons. The lowest BCUT2D eigenvalue weighted by Gasteiger charge is -2.21. The minimum Gasteiger partial charge on any atom is -0.481 e. The van der Waals surface area contributed by atoms with Gasteiger partial charge in [-0.2, -0.15) is 5.10 Å². The Morgan fingerprint density at radius 1 is 1.55 bits per heavy atom. The number of H-pyrrole nitrogens is 1. The van der Waals surface area contributed by atoms with Crippen molar-refractivity contribution >= 4 is 17.5 Å². The van der Waals surface area contributed by atoms with Crippen LogP contribution in [0.1, 0.15) is 12.5 Å². The molecule has 0 aliphatic rings. The average molecular weight is 294 g/mol. The summed E-state index contributed by atoms with van der Waals surface area (Å²) in [4.78, 5) is 13.8. The minimum absolute atomic E-state index is 0.105. The Hall–Kier alpha value is -2.01. The molecular weight excluding hydrogens is 278 g/mol. The zero-order valence-electron chi connectivity index (χ0n) is 11.3. The smallest absolute Gasteiger partial charge is 0.263 e. The fourth-order valence-electron chi connectivity index (χ4n) is 1.82. The Bertz CT molecular complexity index is 572. The Labute approximate surface area is 122 Å². The van der Waals surface area contributed by atoms with Gasteiger partial charge in [0.25, 0.3) is 5.91 Å². The molecule has 1 aromatic heterocycles. The van der Waals surface area contributed by atoms with Crippen LogP contribution < -0.4 is 4.74 Å². The van der Waals surface area contributed by atoms with Crippen LogP contribution in [0.15, 0.2) is 36.7 Å². The van der Waals surface area contributed by atoms with E-state index >= 15 is 0 Å². The van der Waals surface area contributed by atoms with Crippen molar-refractivity contribution in [2.24, 2.45) is 0 Å². The lowest BCUT2D eigenvalue weighted by molar-refractivity contribution is -0.137. The molecule has 0 spiro atoms. The highest BCUT2D eigenvalue weighted by atomic mass is 35.5. The number of benzene rings is 1. The molecule has 5 nitrogen and oxygen atoms in total. The van der Waals surface area contributed by atoms with Crippen molar-refractivity contribution in [1.29, 1.82) is 0 Å². The SMILES string of the molecule is CC(Oc1cccc(Cl)c1)C(=O)N(C)Cc1cn[nH]c1. The van der Waals surface area contributed by atoms with Gasteiger partial charge >= 0.3 is 0 Å². The van der Waals surface area contributed by atoms with Crippen LogP contribution in [0.4, 0.5) is 0 Å². The summed E-state index contributed by atoms with van der Waals surface area (Å²) in [6.07, 6.45) is 2.86. The Kier molecular flexibility index (Phi) is 4.63. The molecule has 2 aromatic rings. The van der Waals surface area contributed by atoms with Crippen LogP contribution >= 0.6 is 11.6 Å². The second-order valence-electron chi connectivity index (χ2n) is 4.52. The van der Waals surface area contributed by atoms with Crippen LogP contribution in [0.2, 0.25) is 5.02 Å². The number of carbonyl (C=O) groups excluding carboxylic acids is 1. The summed E-state index contributed by atoms with van der Waals surface area (Å²) in [5.41, 5.74) is 0.941. The highest BCUT2D eigenvalue weighted by Gasteiger charge is 2.19. The Morgan fingerprint density at radius 2 is 2.35 bits per heavy atom. The van der Waals surface area contributed by atoms with Gasteiger partial charge in [0.1, 0.15) is 5.75 Å². The molecule has 1 heterocycles. The van der Waals surface area contributed by atoms with E-state index < -0.39 is 6.10 Å². The third-order valence-electron chi connectivity index (χ3n) is 2.81. The number of hydrogen-bond donors (Lipinski definition) is 1. The molecule has 0 saturated heterocycles. The molecule has 1 atom stereocenters. The molecule has 0 aliphatic heterocycles. The van der Waals surface area contributed by atoms with Crippen LogP contribution in [0.5, 0.6) is 5.75 Å². The van der Waals surface area contributed by atoms with E-state index in [0.717, 1.165) is 5.56 Å². The zero-order chi connectivity index (χ0) is 14.5. The predicted molar refractivity (Wildman–Crippen MR) is 76.6 cm³/mol. The summed E-state index contributed by atoms with van der Waals surface area (Å²) >= 11 is 5.88. The molecule has 1 N–H and O–H groups in total. The zero-order valence-corrected chi connectivity index (χ0v) is 12.1. The van der Waals surface area contributed by atoms with E-state index in [9.17, 15) is 4.79 Å². The van der Waals surface area contributed by atoms with E-state index in [0.29, 0.717) is 17.3 Å². The Morgan fingerprint density at radius 3 is 3.00 bits per heavy atom. The first-order chi connectivity index (χ1) is 9.56. The van der Waals surface area contributed by atoms with Crippen LogP contribution in [-0.2, 0) is 11.3 Å². The van der Waals surface area contributed by atoms with E-state index in [4.69, 9.17) is 16.3 Å². The van der Waals surface area contributed by atoms with Crippen molar-refractivity contribution in [2.75, 3.05) is 7.05 Å². The monoisotopic (exact) mass is 293 g/mol. The van der Waals surface area contributed by atoms with E-state index in [2.05, 4.69) is 10.2 Å². The van der Waals surface area contributed by atoms with E-state index in [1.165, 1.54) is 0 Å². The lowest BCUT2D eigenvalue weighted by Crippen LogP contribution is -2.37. The standard InChI is InChI=1S/C14H16ClN3O2/c1-10(20-13-5-3-4-12(15)6-13)14(19)18(2)9-11-7-16-17-8-11/h3-8,10H,9H2,1-2H3,(H,16,17). The van der Waals surface area contributed by atoms with Gasteiger partial charge in [0, 0.05) is 30.4 Å². The van der Waals surface area contributed by atoms with Crippen LogP contribution in [0, 0.1) is 0 Å². The highest BCUT2D eigenvalue weighted by Crippen LogP contribution is 2.18.